The van der Waals surface area contributed by atoms with Crippen LogP contribution in [0.25, 0.3) is 16.9 Å². The smallest absolute Gasteiger partial charge is 0.101 e. The number of aromatic nitrogens is 3. The monoisotopic (exact) mass is 369 g/mol. The standard InChI is InChI=1S/C16H12BrN5O/c17-13-7-19-15(4-14(13)21-11-8-23-9-11)16-2-1-12-3-10(5-18)6-20-22(12)16/h1-4,6-7,11H,8-9H2,(H,19,21). The molecule has 3 aromatic rings. The lowest BCUT2D eigenvalue weighted by Crippen LogP contribution is -2.40. The SMILES string of the molecule is N#Cc1cnn2c(-c3cc(NC4COC4)c(Br)cn3)ccc2c1. The summed E-state index contributed by atoms with van der Waals surface area (Å²) in [5.74, 6) is 0. The van der Waals surface area contributed by atoms with Gasteiger partial charge in [0.1, 0.15) is 6.07 Å². The molecule has 0 bridgehead atoms. The molecule has 4 heterocycles. The minimum absolute atomic E-state index is 0.335. The highest BCUT2D eigenvalue weighted by Crippen LogP contribution is 2.29. The van der Waals surface area contributed by atoms with Crippen molar-refractivity contribution in [1.82, 2.24) is 14.6 Å². The van der Waals surface area contributed by atoms with Crippen LogP contribution < -0.4 is 5.32 Å². The maximum Gasteiger partial charge on any atom is 0.101 e. The van der Waals surface area contributed by atoms with E-state index in [1.54, 1.807) is 23.0 Å². The molecule has 6 nitrogen and oxygen atoms in total. The molecule has 114 valence electrons. The first-order chi connectivity index (χ1) is 11.2. The van der Waals surface area contributed by atoms with Crippen LogP contribution in [0.4, 0.5) is 5.69 Å². The molecule has 0 unspecified atom stereocenters. The van der Waals surface area contributed by atoms with Crippen LogP contribution in [0.15, 0.2) is 41.1 Å². The lowest BCUT2D eigenvalue weighted by Gasteiger charge is -2.28. The number of rotatable bonds is 3. The Morgan fingerprint density at radius 3 is 2.91 bits per heavy atom. The van der Waals surface area contributed by atoms with E-state index in [2.05, 4.69) is 37.4 Å². The van der Waals surface area contributed by atoms with E-state index >= 15 is 0 Å². The van der Waals surface area contributed by atoms with Crippen molar-refractivity contribution in [2.45, 2.75) is 6.04 Å². The van der Waals surface area contributed by atoms with Gasteiger partial charge in [0.05, 0.1) is 58.1 Å². The molecule has 23 heavy (non-hydrogen) atoms. The fourth-order valence-corrected chi connectivity index (χ4v) is 2.81. The first-order valence-corrected chi connectivity index (χ1v) is 7.92. The van der Waals surface area contributed by atoms with Crippen LogP contribution in [0.3, 0.4) is 0 Å². The number of anilines is 1. The van der Waals surface area contributed by atoms with Crippen LogP contribution in [-0.4, -0.2) is 33.9 Å². The molecule has 7 heteroatoms. The highest BCUT2D eigenvalue weighted by molar-refractivity contribution is 9.10. The van der Waals surface area contributed by atoms with Crippen molar-refractivity contribution in [1.29, 1.82) is 5.26 Å². The second-order valence-corrected chi connectivity index (χ2v) is 6.19. The summed E-state index contributed by atoms with van der Waals surface area (Å²) in [5, 5.41) is 16.7. The van der Waals surface area contributed by atoms with Gasteiger partial charge in [0.15, 0.2) is 0 Å². The molecule has 0 amide bonds. The predicted molar refractivity (Wildman–Crippen MR) is 89.1 cm³/mol. The summed E-state index contributed by atoms with van der Waals surface area (Å²) in [5.41, 5.74) is 4.08. The van der Waals surface area contributed by atoms with Gasteiger partial charge in [-0.3, -0.25) is 4.98 Å². The molecule has 0 aromatic carbocycles. The summed E-state index contributed by atoms with van der Waals surface area (Å²) in [7, 11) is 0. The first kappa shape index (κ1) is 14.2. The Morgan fingerprint density at radius 1 is 1.30 bits per heavy atom. The fourth-order valence-electron chi connectivity index (χ4n) is 2.48. The largest absolute Gasteiger partial charge is 0.377 e. The zero-order chi connectivity index (χ0) is 15.8. The topological polar surface area (TPSA) is 75.2 Å². The summed E-state index contributed by atoms with van der Waals surface area (Å²) < 4.78 is 7.89. The van der Waals surface area contributed by atoms with Gasteiger partial charge in [0, 0.05) is 6.20 Å². The number of hydrogen-bond acceptors (Lipinski definition) is 5. The Labute approximate surface area is 140 Å². The van der Waals surface area contributed by atoms with Crippen LogP contribution in [-0.2, 0) is 4.74 Å². The van der Waals surface area contributed by atoms with E-state index in [1.807, 2.05) is 18.2 Å². The van der Waals surface area contributed by atoms with Crippen molar-refractivity contribution in [2.75, 3.05) is 18.5 Å². The molecule has 1 saturated heterocycles. The number of nitrogens with zero attached hydrogens (tertiary/aromatic N) is 4. The lowest BCUT2D eigenvalue weighted by atomic mass is 10.2. The lowest BCUT2D eigenvalue weighted by molar-refractivity contribution is 0.0211. The molecule has 0 atom stereocenters. The van der Waals surface area contributed by atoms with E-state index in [0.717, 1.165) is 40.3 Å². The third-order valence-corrected chi connectivity index (χ3v) is 4.38. The van der Waals surface area contributed by atoms with Crippen molar-refractivity contribution in [3.8, 4) is 17.5 Å². The second-order valence-electron chi connectivity index (χ2n) is 5.34. The molecule has 0 spiro atoms. The van der Waals surface area contributed by atoms with E-state index in [-0.39, 0.29) is 0 Å². The minimum atomic E-state index is 0.335. The number of halogens is 1. The van der Waals surface area contributed by atoms with Crippen LogP contribution in [0.2, 0.25) is 0 Å². The van der Waals surface area contributed by atoms with Crippen molar-refractivity contribution in [3.05, 3.63) is 46.7 Å². The van der Waals surface area contributed by atoms with Gasteiger partial charge in [-0.05, 0) is 40.2 Å². The molecular weight excluding hydrogens is 358 g/mol. The van der Waals surface area contributed by atoms with Crippen LogP contribution in [0, 0.1) is 11.3 Å². The maximum absolute atomic E-state index is 8.97. The van der Waals surface area contributed by atoms with E-state index in [9.17, 15) is 0 Å². The van der Waals surface area contributed by atoms with Gasteiger partial charge < -0.3 is 10.1 Å². The molecule has 1 fully saturated rings. The van der Waals surface area contributed by atoms with Crippen molar-refractivity contribution in [3.63, 3.8) is 0 Å². The summed E-state index contributed by atoms with van der Waals surface area (Å²) in [6.45, 7) is 1.44. The number of pyridine rings is 1. The Kier molecular flexibility index (Phi) is 3.48. The van der Waals surface area contributed by atoms with Crippen molar-refractivity contribution < 1.29 is 4.74 Å². The summed E-state index contributed by atoms with van der Waals surface area (Å²) in [6, 6.07) is 10.1. The third kappa shape index (κ3) is 2.56. The Morgan fingerprint density at radius 2 is 2.17 bits per heavy atom. The van der Waals surface area contributed by atoms with Gasteiger partial charge in [-0.25, -0.2) is 4.52 Å². The van der Waals surface area contributed by atoms with Crippen molar-refractivity contribution >= 4 is 27.1 Å². The van der Waals surface area contributed by atoms with Crippen LogP contribution >= 0.6 is 15.9 Å². The Bertz CT molecular complexity index is 926. The van der Waals surface area contributed by atoms with Crippen LogP contribution in [0.5, 0.6) is 0 Å². The highest BCUT2D eigenvalue weighted by Gasteiger charge is 2.19. The molecule has 1 N–H and O–H groups in total. The number of ether oxygens (including phenoxy) is 1. The van der Waals surface area contributed by atoms with Gasteiger partial charge >= 0.3 is 0 Å². The number of fused-ring (bicyclic) bond motifs is 1. The average Bonchev–Trinajstić information content (AvgIpc) is 2.95. The third-order valence-electron chi connectivity index (χ3n) is 3.74. The Balaban J connectivity index is 1.75. The van der Waals surface area contributed by atoms with E-state index in [0.29, 0.717) is 11.6 Å². The average molecular weight is 370 g/mol. The molecule has 0 radical (unpaired) electrons. The normalized spacial score (nSPS) is 14.4. The van der Waals surface area contributed by atoms with Gasteiger partial charge in [-0.2, -0.15) is 10.4 Å². The summed E-state index contributed by atoms with van der Waals surface area (Å²) in [6.07, 6.45) is 3.33. The van der Waals surface area contributed by atoms with Crippen LogP contribution in [0.1, 0.15) is 5.56 Å². The Hall–Kier alpha value is -2.43. The van der Waals surface area contributed by atoms with Gasteiger partial charge in [-0.1, -0.05) is 0 Å². The zero-order valence-electron chi connectivity index (χ0n) is 12.0. The molecule has 4 rings (SSSR count). The van der Waals surface area contributed by atoms with Gasteiger partial charge in [-0.15, -0.1) is 0 Å². The number of hydrogen-bond donors (Lipinski definition) is 1. The van der Waals surface area contributed by atoms with Gasteiger partial charge in [0.25, 0.3) is 0 Å². The quantitative estimate of drug-likeness (QED) is 0.768. The van der Waals surface area contributed by atoms with E-state index < -0.39 is 0 Å². The predicted octanol–water partition coefficient (Wildman–Crippen LogP) is 2.84. The molecule has 0 saturated carbocycles. The summed E-state index contributed by atoms with van der Waals surface area (Å²) in [4.78, 5) is 4.48. The summed E-state index contributed by atoms with van der Waals surface area (Å²) >= 11 is 3.52. The second kappa shape index (κ2) is 5.65. The fraction of sp³-hybridized carbons (Fsp3) is 0.188. The molecule has 3 aromatic heterocycles. The first-order valence-electron chi connectivity index (χ1n) is 7.13. The zero-order valence-corrected chi connectivity index (χ0v) is 13.6. The minimum Gasteiger partial charge on any atom is -0.377 e. The van der Waals surface area contributed by atoms with Crippen molar-refractivity contribution in [2.24, 2.45) is 0 Å². The number of nitriles is 1. The number of nitrogens with one attached hydrogen (secondary N) is 1. The van der Waals surface area contributed by atoms with Gasteiger partial charge in [0.2, 0.25) is 0 Å². The molecule has 1 aliphatic rings. The highest BCUT2D eigenvalue weighted by atomic mass is 79.9. The maximum atomic E-state index is 8.97. The van der Waals surface area contributed by atoms with E-state index in [1.165, 1.54) is 0 Å². The molecule has 0 aliphatic carbocycles. The molecule has 1 aliphatic heterocycles. The molecular formula is C16H12BrN5O. The van der Waals surface area contributed by atoms with E-state index in [4.69, 9.17) is 10.00 Å².